The van der Waals surface area contributed by atoms with Crippen molar-refractivity contribution in [3.05, 3.63) is 82.8 Å². The van der Waals surface area contributed by atoms with Crippen molar-refractivity contribution in [2.45, 2.75) is 17.9 Å². The zero-order chi connectivity index (χ0) is 23.1. The Morgan fingerprint density at radius 1 is 0.938 bits per heavy atom. The average Bonchev–Trinajstić information content (AvgIpc) is 2.79. The summed E-state index contributed by atoms with van der Waals surface area (Å²) in [6.45, 7) is 1.68. The number of amides is 1. The maximum atomic E-state index is 12.5. The first-order valence-electron chi connectivity index (χ1n) is 9.71. The van der Waals surface area contributed by atoms with Crippen LogP contribution in [0.5, 0.6) is 11.5 Å². The highest BCUT2D eigenvalue weighted by Gasteiger charge is 2.15. The van der Waals surface area contributed by atoms with Crippen LogP contribution >= 0.6 is 15.9 Å². The predicted molar refractivity (Wildman–Crippen MR) is 126 cm³/mol. The van der Waals surface area contributed by atoms with E-state index >= 15 is 0 Å². The summed E-state index contributed by atoms with van der Waals surface area (Å²) < 4.78 is 39.0. The maximum Gasteiger partial charge on any atom is 0.261 e. The molecule has 3 aromatic rings. The van der Waals surface area contributed by atoms with Crippen molar-refractivity contribution in [1.82, 2.24) is 5.32 Å². The summed E-state index contributed by atoms with van der Waals surface area (Å²) in [5, 5.41) is 2.86. The van der Waals surface area contributed by atoms with Crippen LogP contribution in [0.4, 0.5) is 5.69 Å². The first-order valence-corrected chi connectivity index (χ1v) is 12.0. The van der Waals surface area contributed by atoms with Crippen LogP contribution in [0.15, 0.2) is 82.2 Å². The third kappa shape index (κ3) is 6.48. The molecular formula is C23H23BrN2O5S. The van der Waals surface area contributed by atoms with Crippen LogP contribution in [0, 0.1) is 0 Å². The monoisotopic (exact) mass is 518 g/mol. The number of hydrogen-bond acceptors (Lipinski definition) is 5. The summed E-state index contributed by atoms with van der Waals surface area (Å²) in [5.74, 6) is 0.842. The van der Waals surface area contributed by atoms with Gasteiger partial charge in [0.1, 0.15) is 11.5 Å². The van der Waals surface area contributed by atoms with Gasteiger partial charge in [-0.2, -0.15) is 0 Å². The number of hydrogen-bond donors (Lipinski definition) is 2. The minimum Gasteiger partial charge on any atom is -0.497 e. The van der Waals surface area contributed by atoms with Crippen molar-refractivity contribution in [1.29, 1.82) is 0 Å². The molecule has 1 atom stereocenters. The highest BCUT2D eigenvalue weighted by Crippen LogP contribution is 2.21. The number of carbonyl (C=O) groups excluding carboxylic acids is 1. The number of sulfonamides is 1. The number of ether oxygens (including phenoxy) is 2. The average molecular weight is 519 g/mol. The van der Waals surface area contributed by atoms with E-state index in [1.807, 2.05) is 31.2 Å². The van der Waals surface area contributed by atoms with Crippen molar-refractivity contribution >= 4 is 37.5 Å². The zero-order valence-corrected chi connectivity index (χ0v) is 19.9. The van der Waals surface area contributed by atoms with Crippen LogP contribution in [0.2, 0.25) is 0 Å². The number of methoxy groups -OCH3 is 1. The summed E-state index contributed by atoms with van der Waals surface area (Å²) in [6, 6.07) is 19.9. The quantitative estimate of drug-likeness (QED) is 0.434. The molecule has 0 aliphatic carbocycles. The van der Waals surface area contributed by atoms with Crippen molar-refractivity contribution in [3.63, 3.8) is 0 Å². The number of carbonyl (C=O) groups is 1. The van der Waals surface area contributed by atoms with Gasteiger partial charge in [-0.25, -0.2) is 8.42 Å². The predicted octanol–water partition coefficient (Wildman–Crippen LogP) is 4.51. The second-order valence-corrected chi connectivity index (χ2v) is 9.53. The molecule has 0 aliphatic heterocycles. The molecule has 32 heavy (non-hydrogen) atoms. The summed E-state index contributed by atoms with van der Waals surface area (Å²) in [5.41, 5.74) is 1.39. The van der Waals surface area contributed by atoms with E-state index in [0.717, 1.165) is 15.8 Å². The summed E-state index contributed by atoms with van der Waals surface area (Å²) >= 11 is 3.31. The van der Waals surface area contributed by atoms with Gasteiger partial charge in [-0.15, -0.1) is 0 Å². The third-order valence-corrected chi connectivity index (χ3v) is 6.52. The van der Waals surface area contributed by atoms with Crippen LogP contribution in [0.25, 0.3) is 0 Å². The van der Waals surface area contributed by atoms with Gasteiger partial charge in [-0.1, -0.05) is 28.1 Å². The number of nitrogens with one attached hydrogen (secondary N) is 2. The van der Waals surface area contributed by atoms with Crippen molar-refractivity contribution in [2.24, 2.45) is 0 Å². The van der Waals surface area contributed by atoms with Gasteiger partial charge in [-0.05, 0) is 73.2 Å². The maximum absolute atomic E-state index is 12.5. The molecule has 1 amide bonds. The molecule has 0 saturated carbocycles. The van der Waals surface area contributed by atoms with E-state index in [-0.39, 0.29) is 23.5 Å². The normalized spacial score (nSPS) is 12.0. The zero-order valence-electron chi connectivity index (χ0n) is 17.5. The van der Waals surface area contributed by atoms with Crippen LogP contribution in [0.1, 0.15) is 18.5 Å². The molecule has 3 aromatic carbocycles. The largest absolute Gasteiger partial charge is 0.497 e. The summed E-state index contributed by atoms with van der Waals surface area (Å²) in [6.07, 6.45) is 0. The Morgan fingerprint density at radius 3 is 2.12 bits per heavy atom. The third-order valence-electron chi connectivity index (χ3n) is 4.59. The topological polar surface area (TPSA) is 93.7 Å². The lowest BCUT2D eigenvalue weighted by atomic mass is 10.1. The molecule has 0 fully saturated rings. The van der Waals surface area contributed by atoms with Crippen LogP contribution in [0.3, 0.4) is 0 Å². The second kappa shape index (κ2) is 10.5. The number of rotatable bonds is 9. The van der Waals surface area contributed by atoms with Gasteiger partial charge in [0.2, 0.25) is 0 Å². The van der Waals surface area contributed by atoms with E-state index in [1.165, 1.54) is 24.3 Å². The first kappa shape index (κ1) is 23.6. The molecular weight excluding hydrogens is 496 g/mol. The lowest BCUT2D eigenvalue weighted by molar-refractivity contribution is -0.123. The Kier molecular flexibility index (Phi) is 7.76. The standard InChI is InChI=1S/C23H23BrN2O5S/c1-16(17-3-9-20(30-2)10-4-17)25-23(27)15-31-21-11-13-22(14-12-21)32(28,29)26-19-7-5-18(24)6-8-19/h3-14,16,26H,15H2,1-2H3,(H,25,27)/t16-/m0/s1. The van der Waals surface area contributed by atoms with Gasteiger partial charge in [-0.3, -0.25) is 9.52 Å². The van der Waals surface area contributed by atoms with Crippen LogP contribution < -0.4 is 19.5 Å². The fourth-order valence-corrected chi connectivity index (χ4v) is 4.18. The van der Waals surface area contributed by atoms with E-state index in [4.69, 9.17) is 9.47 Å². The minimum absolute atomic E-state index is 0.0883. The molecule has 7 nitrogen and oxygen atoms in total. The molecule has 0 spiro atoms. The van der Waals surface area contributed by atoms with Crippen molar-refractivity contribution in [3.8, 4) is 11.5 Å². The smallest absolute Gasteiger partial charge is 0.261 e. The van der Waals surface area contributed by atoms with Crippen LogP contribution in [-0.2, 0) is 14.8 Å². The summed E-state index contributed by atoms with van der Waals surface area (Å²) in [7, 11) is -2.14. The molecule has 0 heterocycles. The highest BCUT2D eigenvalue weighted by molar-refractivity contribution is 9.10. The Hall–Kier alpha value is -3.04. The fraction of sp³-hybridized carbons (Fsp3) is 0.174. The van der Waals surface area contributed by atoms with Crippen LogP contribution in [-0.4, -0.2) is 28.0 Å². The van der Waals surface area contributed by atoms with E-state index in [1.54, 1.807) is 31.4 Å². The molecule has 9 heteroatoms. The first-order chi connectivity index (χ1) is 15.3. The molecule has 0 unspecified atom stereocenters. The molecule has 0 aliphatic rings. The van der Waals surface area contributed by atoms with Gasteiger partial charge < -0.3 is 14.8 Å². The Balaban J connectivity index is 1.53. The van der Waals surface area contributed by atoms with Crippen molar-refractivity contribution < 1.29 is 22.7 Å². The second-order valence-electron chi connectivity index (χ2n) is 6.93. The minimum atomic E-state index is -3.73. The van der Waals surface area contributed by atoms with Gasteiger partial charge in [0, 0.05) is 10.2 Å². The molecule has 0 radical (unpaired) electrons. The van der Waals surface area contributed by atoms with Gasteiger partial charge in [0.25, 0.3) is 15.9 Å². The Bertz CT molecular complexity index is 1150. The summed E-state index contributed by atoms with van der Waals surface area (Å²) in [4.78, 5) is 12.3. The van der Waals surface area contributed by atoms with E-state index in [2.05, 4.69) is 26.0 Å². The Morgan fingerprint density at radius 2 is 1.53 bits per heavy atom. The lowest BCUT2D eigenvalue weighted by Gasteiger charge is -2.15. The number of anilines is 1. The molecule has 0 aromatic heterocycles. The fourth-order valence-electron chi connectivity index (χ4n) is 2.85. The molecule has 168 valence electrons. The number of halogens is 1. The molecule has 3 rings (SSSR count). The lowest BCUT2D eigenvalue weighted by Crippen LogP contribution is -2.31. The SMILES string of the molecule is COc1ccc([C@H](C)NC(=O)COc2ccc(S(=O)(=O)Nc3ccc(Br)cc3)cc2)cc1. The van der Waals surface area contributed by atoms with E-state index in [0.29, 0.717) is 11.4 Å². The van der Waals surface area contributed by atoms with Gasteiger partial charge in [0.15, 0.2) is 6.61 Å². The molecule has 2 N–H and O–H groups in total. The van der Waals surface area contributed by atoms with Gasteiger partial charge in [0.05, 0.1) is 18.0 Å². The Labute approximate surface area is 195 Å². The molecule has 0 saturated heterocycles. The van der Waals surface area contributed by atoms with Crippen molar-refractivity contribution in [2.75, 3.05) is 18.4 Å². The van der Waals surface area contributed by atoms with E-state index in [9.17, 15) is 13.2 Å². The highest BCUT2D eigenvalue weighted by atomic mass is 79.9. The van der Waals surface area contributed by atoms with Gasteiger partial charge >= 0.3 is 0 Å². The molecule has 0 bridgehead atoms. The van der Waals surface area contributed by atoms with E-state index < -0.39 is 10.0 Å². The number of benzene rings is 3.